The first-order valence-electron chi connectivity index (χ1n) is 9.69. The molecule has 10 heteroatoms. The van der Waals surface area contributed by atoms with Crippen LogP contribution in [0.2, 0.25) is 10.0 Å². The standard InChI is InChI=1S/C20H24Cl2N4O3S/c1-14-12-23-20(30-14)24-18(27)13-26(6-2-5-25-7-9-29-10-8-25)19(28)15-3-4-16(21)17(22)11-15/h3-4,11-12H,2,5-10,13H2,1H3,(H,23,24,27). The lowest BCUT2D eigenvalue weighted by molar-refractivity contribution is -0.116. The molecule has 7 nitrogen and oxygen atoms in total. The van der Waals surface area contributed by atoms with Crippen LogP contribution in [0.25, 0.3) is 0 Å². The van der Waals surface area contributed by atoms with Crippen LogP contribution < -0.4 is 5.32 Å². The highest BCUT2D eigenvalue weighted by atomic mass is 35.5. The smallest absolute Gasteiger partial charge is 0.254 e. The Bertz CT molecular complexity index is 887. The van der Waals surface area contributed by atoms with E-state index in [0.717, 1.165) is 44.1 Å². The van der Waals surface area contributed by atoms with E-state index in [-0.39, 0.29) is 18.4 Å². The molecule has 2 aromatic rings. The molecule has 162 valence electrons. The molecule has 3 rings (SSSR count). The van der Waals surface area contributed by atoms with Gasteiger partial charge in [0.2, 0.25) is 5.91 Å². The Morgan fingerprint density at radius 3 is 2.70 bits per heavy atom. The summed E-state index contributed by atoms with van der Waals surface area (Å²) in [5, 5.41) is 3.96. The van der Waals surface area contributed by atoms with Gasteiger partial charge in [-0.05, 0) is 31.5 Å². The highest BCUT2D eigenvalue weighted by Crippen LogP contribution is 2.23. The summed E-state index contributed by atoms with van der Waals surface area (Å²) in [4.78, 5) is 34.6. The second-order valence-electron chi connectivity index (χ2n) is 6.99. The van der Waals surface area contributed by atoms with Crippen LogP contribution in [0, 0.1) is 6.92 Å². The number of carbonyl (C=O) groups is 2. The Morgan fingerprint density at radius 2 is 2.03 bits per heavy atom. The van der Waals surface area contributed by atoms with Crippen molar-refractivity contribution in [1.82, 2.24) is 14.8 Å². The topological polar surface area (TPSA) is 74.8 Å². The lowest BCUT2D eigenvalue weighted by Crippen LogP contribution is -2.41. The number of nitrogens with one attached hydrogen (secondary N) is 1. The maximum atomic E-state index is 13.1. The van der Waals surface area contributed by atoms with Gasteiger partial charge in [0.15, 0.2) is 5.13 Å². The van der Waals surface area contributed by atoms with Crippen LogP contribution in [0.1, 0.15) is 21.7 Å². The van der Waals surface area contributed by atoms with E-state index in [2.05, 4.69) is 15.2 Å². The Kier molecular flexibility index (Phi) is 8.47. The third-order valence-corrected chi connectivity index (χ3v) is 6.23. The molecule has 0 bridgehead atoms. The molecule has 1 N–H and O–H groups in total. The normalized spacial score (nSPS) is 14.5. The van der Waals surface area contributed by atoms with Gasteiger partial charge in [0.05, 0.1) is 23.3 Å². The second kappa shape index (κ2) is 11.1. The highest BCUT2D eigenvalue weighted by Gasteiger charge is 2.21. The van der Waals surface area contributed by atoms with Crippen molar-refractivity contribution in [2.45, 2.75) is 13.3 Å². The van der Waals surface area contributed by atoms with Crippen molar-refractivity contribution in [3.8, 4) is 0 Å². The second-order valence-corrected chi connectivity index (χ2v) is 9.04. The summed E-state index contributed by atoms with van der Waals surface area (Å²) in [6, 6.07) is 4.73. The number of halogens is 2. The van der Waals surface area contributed by atoms with Gasteiger partial charge in [0.1, 0.15) is 6.54 Å². The van der Waals surface area contributed by atoms with E-state index < -0.39 is 0 Å². The van der Waals surface area contributed by atoms with Crippen molar-refractivity contribution < 1.29 is 14.3 Å². The van der Waals surface area contributed by atoms with Gasteiger partial charge < -0.3 is 15.0 Å². The predicted octanol–water partition coefficient (Wildman–Crippen LogP) is 3.56. The molecule has 0 unspecified atom stereocenters. The summed E-state index contributed by atoms with van der Waals surface area (Å²) in [7, 11) is 0. The SMILES string of the molecule is Cc1cnc(NC(=O)CN(CCCN2CCOCC2)C(=O)c2ccc(Cl)c(Cl)c2)s1. The zero-order chi connectivity index (χ0) is 21.5. The van der Waals surface area contributed by atoms with E-state index in [1.54, 1.807) is 18.3 Å². The lowest BCUT2D eigenvalue weighted by Gasteiger charge is -2.28. The molecule has 2 amide bonds. The van der Waals surface area contributed by atoms with Crippen LogP contribution in [0.3, 0.4) is 0 Å². The van der Waals surface area contributed by atoms with Gasteiger partial charge in [-0.3, -0.25) is 14.5 Å². The van der Waals surface area contributed by atoms with Crippen LogP contribution >= 0.6 is 34.5 Å². The molecule has 0 atom stereocenters. The van der Waals surface area contributed by atoms with Gasteiger partial charge in [-0.1, -0.05) is 23.2 Å². The van der Waals surface area contributed by atoms with Gasteiger partial charge in [-0.15, -0.1) is 11.3 Å². The number of hydrogen-bond donors (Lipinski definition) is 1. The number of hydrogen-bond acceptors (Lipinski definition) is 6. The predicted molar refractivity (Wildman–Crippen MR) is 120 cm³/mol. The molecule has 0 spiro atoms. The minimum Gasteiger partial charge on any atom is -0.379 e. The fraction of sp³-hybridized carbons (Fsp3) is 0.450. The number of carbonyl (C=O) groups excluding carboxylic acids is 2. The Hall–Kier alpha value is -1.71. The first-order valence-corrected chi connectivity index (χ1v) is 11.3. The number of morpholine rings is 1. The van der Waals surface area contributed by atoms with E-state index in [0.29, 0.717) is 27.3 Å². The molecule has 30 heavy (non-hydrogen) atoms. The van der Waals surface area contributed by atoms with Crippen molar-refractivity contribution in [3.05, 3.63) is 44.9 Å². The molecule has 1 fully saturated rings. The fourth-order valence-corrected chi connectivity index (χ4v) is 4.10. The van der Waals surface area contributed by atoms with Gasteiger partial charge in [-0.2, -0.15) is 0 Å². The van der Waals surface area contributed by atoms with Crippen LogP contribution in [-0.4, -0.2) is 72.5 Å². The number of rotatable bonds is 8. The number of benzene rings is 1. The maximum Gasteiger partial charge on any atom is 0.254 e. The molecule has 1 aromatic heterocycles. The third kappa shape index (κ3) is 6.65. The molecule has 1 aliphatic heterocycles. The molecular weight excluding hydrogens is 447 g/mol. The average molecular weight is 471 g/mol. The summed E-state index contributed by atoms with van der Waals surface area (Å²) in [5.41, 5.74) is 0.397. The summed E-state index contributed by atoms with van der Waals surface area (Å²) in [6.45, 7) is 6.33. The van der Waals surface area contributed by atoms with Crippen molar-refractivity contribution in [3.63, 3.8) is 0 Å². The van der Waals surface area contributed by atoms with Crippen molar-refractivity contribution in [2.75, 3.05) is 51.3 Å². The Labute approximate surface area is 189 Å². The zero-order valence-corrected chi connectivity index (χ0v) is 19.0. The Balaban J connectivity index is 1.65. The van der Waals surface area contributed by atoms with E-state index >= 15 is 0 Å². The average Bonchev–Trinajstić information content (AvgIpc) is 3.14. The molecule has 0 aliphatic carbocycles. The monoisotopic (exact) mass is 470 g/mol. The summed E-state index contributed by atoms with van der Waals surface area (Å²) in [6.07, 6.45) is 2.44. The van der Waals surface area contributed by atoms with E-state index in [9.17, 15) is 9.59 Å². The molecular formula is C20H24Cl2N4O3S. The number of anilines is 1. The van der Waals surface area contributed by atoms with Crippen molar-refractivity contribution >= 4 is 51.5 Å². The van der Waals surface area contributed by atoms with Crippen LogP contribution in [0.5, 0.6) is 0 Å². The molecule has 1 aliphatic rings. The Morgan fingerprint density at radius 1 is 1.27 bits per heavy atom. The van der Waals surface area contributed by atoms with E-state index in [1.165, 1.54) is 22.3 Å². The van der Waals surface area contributed by atoms with Crippen LogP contribution in [0.15, 0.2) is 24.4 Å². The quantitative estimate of drug-likeness (QED) is 0.638. The van der Waals surface area contributed by atoms with Crippen LogP contribution in [-0.2, 0) is 9.53 Å². The molecule has 2 heterocycles. The molecule has 1 saturated heterocycles. The zero-order valence-electron chi connectivity index (χ0n) is 16.7. The third-order valence-electron chi connectivity index (χ3n) is 4.66. The van der Waals surface area contributed by atoms with Gasteiger partial charge >= 0.3 is 0 Å². The highest BCUT2D eigenvalue weighted by molar-refractivity contribution is 7.15. The first-order chi connectivity index (χ1) is 14.4. The van der Waals surface area contributed by atoms with E-state index in [1.807, 2.05) is 6.92 Å². The number of nitrogens with zero attached hydrogens (tertiary/aromatic N) is 3. The number of aryl methyl sites for hydroxylation is 1. The van der Waals surface area contributed by atoms with Gasteiger partial charge in [-0.25, -0.2) is 4.98 Å². The van der Waals surface area contributed by atoms with Crippen molar-refractivity contribution in [1.29, 1.82) is 0 Å². The number of aromatic nitrogens is 1. The number of amides is 2. The molecule has 0 saturated carbocycles. The summed E-state index contributed by atoms with van der Waals surface area (Å²) < 4.78 is 5.37. The first kappa shape index (κ1) is 23.0. The number of thiazole rings is 1. The minimum atomic E-state index is -0.288. The van der Waals surface area contributed by atoms with Gasteiger partial charge in [0, 0.05) is 42.8 Å². The van der Waals surface area contributed by atoms with Crippen LogP contribution in [0.4, 0.5) is 5.13 Å². The molecule has 1 aromatic carbocycles. The minimum absolute atomic E-state index is 0.0686. The largest absolute Gasteiger partial charge is 0.379 e. The molecule has 0 radical (unpaired) electrons. The van der Waals surface area contributed by atoms with E-state index in [4.69, 9.17) is 27.9 Å². The number of ether oxygens (including phenoxy) is 1. The maximum absolute atomic E-state index is 13.1. The summed E-state index contributed by atoms with van der Waals surface area (Å²) >= 11 is 13.4. The van der Waals surface area contributed by atoms with Crippen molar-refractivity contribution in [2.24, 2.45) is 0 Å². The summed E-state index contributed by atoms with van der Waals surface area (Å²) in [5.74, 6) is -0.551. The van der Waals surface area contributed by atoms with Gasteiger partial charge in [0.25, 0.3) is 5.91 Å². The fourth-order valence-electron chi connectivity index (χ4n) is 3.12. The lowest BCUT2D eigenvalue weighted by atomic mass is 10.2.